The number of ether oxygens (including phenoxy) is 1. The van der Waals surface area contributed by atoms with Crippen molar-refractivity contribution >= 4 is 0 Å². The Hall–Kier alpha value is -0.120. The fourth-order valence-corrected chi connectivity index (χ4v) is 3.04. The molecule has 16 heavy (non-hydrogen) atoms. The molecule has 2 saturated carbocycles. The van der Waals surface area contributed by atoms with Crippen LogP contribution in [0.15, 0.2) is 0 Å². The van der Waals surface area contributed by atoms with Gasteiger partial charge in [-0.1, -0.05) is 6.42 Å². The van der Waals surface area contributed by atoms with Crippen LogP contribution in [0, 0.1) is 11.8 Å². The van der Waals surface area contributed by atoms with Crippen molar-refractivity contribution < 1.29 is 9.84 Å². The molecule has 0 heterocycles. The van der Waals surface area contributed by atoms with Crippen molar-refractivity contribution in [3.63, 3.8) is 0 Å². The van der Waals surface area contributed by atoms with Gasteiger partial charge in [-0.15, -0.1) is 0 Å². The summed E-state index contributed by atoms with van der Waals surface area (Å²) in [6.45, 7) is 4.37. The first-order valence-corrected chi connectivity index (χ1v) is 6.79. The monoisotopic (exact) mass is 227 g/mol. The van der Waals surface area contributed by atoms with E-state index in [9.17, 15) is 5.11 Å². The van der Waals surface area contributed by atoms with Crippen molar-refractivity contribution in [2.24, 2.45) is 11.8 Å². The Labute approximate surface area is 98.6 Å². The molecular weight excluding hydrogens is 202 g/mol. The van der Waals surface area contributed by atoms with Gasteiger partial charge in [0.1, 0.15) is 0 Å². The topological polar surface area (TPSA) is 41.5 Å². The molecule has 0 aromatic heterocycles. The van der Waals surface area contributed by atoms with E-state index < -0.39 is 0 Å². The van der Waals surface area contributed by atoms with Gasteiger partial charge in [0, 0.05) is 19.3 Å². The highest BCUT2D eigenvalue weighted by Gasteiger charge is 2.31. The quantitative estimate of drug-likeness (QED) is 0.723. The Morgan fingerprint density at radius 3 is 2.69 bits per heavy atom. The van der Waals surface area contributed by atoms with Crippen LogP contribution in [0.1, 0.15) is 39.0 Å². The molecule has 3 nitrogen and oxygen atoms in total. The third-order valence-electron chi connectivity index (χ3n) is 4.22. The summed E-state index contributed by atoms with van der Waals surface area (Å²) < 4.78 is 5.54. The number of hydrogen-bond acceptors (Lipinski definition) is 3. The zero-order valence-corrected chi connectivity index (χ0v) is 10.3. The Balaban J connectivity index is 1.58. The highest BCUT2D eigenvalue weighted by molar-refractivity contribution is 4.88. The molecule has 0 saturated heterocycles. The minimum atomic E-state index is 0.374. The molecule has 0 bridgehead atoms. The zero-order valence-electron chi connectivity index (χ0n) is 10.3. The van der Waals surface area contributed by atoms with E-state index in [1.807, 2.05) is 0 Å². The second-order valence-corrected chi connectivity index (χ2v) is 5.29. The Bertz CT molecular complexity index is 204. The highest BCUT2D eigenvalue weighted by atomic mass is 16.5. The SMILES string of the molecule is CCOC1CC(NCC2CCCC2CO)C1. The molecule has 2 aliphatic rings. The van der Waals surface area contributed by atoms with Crippen LogP contribution in [0.25, 0.3) is 0 Å². The van der Waals surface area contributed by atoms with E-state index in [4.69, 9.17) is 4.74 Å². The normalized spacial score (nSPS) is 38.6. The van der Waals surface area contributed by atoms with E-state index in [2.05, 4.69) is 12.2 Å². The molecule has 3 heteroatoms. The number of aliphatic hydroxyl groups is 1. The number of rotatable bonds is 6. The largest absolute Gasteiger partial charge is 0.396 e. The van der Waals surface area contributed by atoms with E-state index >= 15 is 0 Å². The van der Waals surface area contributed by atoms with Crippen molar-refractivity contribution in [1.82, 2.24) is 5.32 Å². The number of hydrogen-bond donors (Lipinski definition) is 2. The van der Waals surface area contributed by atoms with E-state index in [0.29, 0.717) is 30.6 Å². The first kappa shape index (κ1) is 12.3. The van der Waals surface area contributed by atoms with Crippen LogP contribution in [-0.4, -0.2) is 37.0 Å². The smallest absolute Gasteiger partial charge is 0.0604 e. The number of aliphatic hydroxyl groups excluding tert-OH is 1. The molecule has 2 N–H and O–H groups in total. The minimum absolute atomic E-state index is 0.374. The maximum absolute atomic E-state index is 9.24. The van der Waals surface area contributed by atoms with Crippen LogP contribution in [0.5, 0.6) is 0 Å². The molecule has 2 fully saturated rings. The van der Waals surface area contributed by atoms with Crippen LogP contribution in [0.3, 0.4) is 0 Å². The molecule has 0 aromatic carbocycles. The lowest BCUT2D eigenvalue weighted by Gasteiger charge is -2.36. The third-order valence-corrected chi connectivity index (χ3v) is 4.22. The predicted molar refractivity (Wildman–Crippen MR) is 64.4 cm³/mol. The first-order valence-electron chi connectivity index (χ1n) is 6.79. The third kappa shape index (κ3) is 2.96. The Morgan fingerprint density at radius 2 is 2.00 bits per heavy atom. The van der Waals surface area contributed by atoms with Crippen molar-refractivity contribution in [3.8, 4) is 0 Å². The lowest BCUT2D eigenvalue weighted by atomic mass is 9.88. The summed E-state index contributed by atoms with van der Waals surface area (Å²) in [6.07, 6.45) is 6.65. The van der Waals surface area contributed by atoms with Crippen LogP contribution < -0.4 is 5.32 Å². The maximum atomic E-state index is 9.24. The predicted octanol–water partition coefficient (Wildman–Crippen LogP) is 1.55. The Morgan fingerprint density at radius 1 is 1.25 bits per heavy atom. The molecular formula is C13H25NO2. The fourth-order valence-electron chi connectivity index (χ4n) is 3.04. The second kappa shape index (κ2) is 5.99. The molecule has 0 amide bonds. The first-order chi connectivity index (χ1) is 7.83. The lowest BCUT2D eigenvalue weighted by molar-refractivity contribution is -0.0111. The minimum Gasteiger partial charge on any atom is -0.396 e. The van der Waals surface area contributed by atoms with Crippen molar-refractivity contribution in [2.45, 2.75) is 51.2 Å². The van der Waals surface area contributed by atoms with Gasteiger partial charge in [-0.2, -0.15) is 0 Å². The van der Waals surface area contributed by atoms with Gasteiger partial charge >= 0.3 is 0 Å². The molecule has 2 rings (SSSR count). The van der Waals surface area contributed by atoms with Crippen LogP contribution in [-0.2, 0) is 4.74 Å². The Kier molecular flexibility index (Phi) is 4.62. The van der Waals surface area contributed by atoms with E-state index in [1.54, 1.807) is 0 Å². The summed E-state index contributed by atoms with van der Waals surface area (Å²) in [7, 11) is 0. The average molecular weight is 227 g/mol. The van der Waals surface area contributed by atoms with Crippen molar-refractivity contribution in [1.29, 1.82) is 0 Å². The summed E-state index contributed by atoms with van der Waals surface area (Å²) in [5, 5.41) is 12.9. The summed E-state index contributed by atoms with van der Waals surface area (Å²) in [6, 6.07) is 0.663. The second-order valence-electron chi connectivity index (χ2n) is 5.29. The summed E-state index contributed by atoms with van der Waals surface area (Å²) >= 11 is 0. The van der Waals surface area contributed by atoms with Gasteiger partial charge in [-0.3, -0.25) is 0 Å². The van der Waals surface area contributed by atoms with Gasteiger partial charge < -0.3 is 15.2 Å². The summed E-state index contributed by atoms with van der Waals surface area (Å²) in [5.41, 5.74) is 0. The van der Waals surface area contributed by atoms with Crippen LogP contribution >= 0.6 is 0 Å². The molecule has 94 valence electrons. The van der Waals surface area contributed by atoms with Gasteiger partial charge in [-0.05, 0) is 51.0 Å². The van der Waals surface area contributed by atoms with Gasteiger partial charge in [0.15, 0.2) is 0 Å². The summed E-state index contributed by atoms with van der Waals surface area (Å²) in [4.78, 5) is 0. The van der Waals surface area contributed by atoms with E-state index in [-0.39, 0.29) is 0 Å². The summed E-state index contributed by atoms with van der Waals surface area (Å²) in [5.74, 6) is 1.26. The van der Waals surface area contributed by atoms with Gasteiger partial charge in [-0.25, -0.2) is 0 Å². The molecule has 0 aromatic rings. The van der Waals surface area contributed by atoms with Crippen LogP contribution in [0.2, 0.25) is 0 Å². The molecule has 2 atom stereocenters. The van der Waals surface area contributed by atoms with Gasteiger partial charge in [0.25, 0.3) is 0 Å². The van der Waals surface area contributed by atoms with Crippen molar-refractivity contribution in [3.05, 3.63) is 0 Å². The molecule has 2 aliphatic carbocycles. The maximum Gasteiger partial charge on any atom is 0.0604 e. The average Bonchev–Trinajstić information content (AvgIpc) is 2.68. The standard InChI is InChI=1S/C13H25NO2/c1-2-16-13-6-12(7-13)14-8-10-4-3-5-11(10)9-15/h10-15H,2-9H2,1H3. The van der Waals surface area contributed by atoms with Gasteiger partial charge in [0.2, 0.25) is 0 Å². The highest BCUT2D eigenvalue weighted by Crippen LogP contribution is 2.31. The van der Waals surface area contributed by atoms with Crippen LogP contribution in [0.4, 0.5) is 0 Å². The zero-order chi connectivity index (χ0) is 11.4. The molecule has 0 aliphatic heterocycles. The van der Waals surface area contributed by atoms with E-state index in [0.717, 1.165) is 13.2 Å². The van der Waals surface area contributed by atoms with Gasteiger partial charge in [0.05, 0.1) is 6.10 Å². The fraction of sp³-hybridized carbons (Fsp3) is 1.00. The van der Waals surface area contributed by atoms with Crippen molar-refractivity contribution in [2.75, 3.05) is 19.8 Å². The molecule has 2 unspecified atom stereocenters. The number of nitrogens with one attached hydrogen (secondary N) is 1. The molecule has 0 radical (unpaired) electrons. The lowest BCUT2D eigenvalue weighted by Crippen LogP contribution is -2.47. The van der Waals surface area contributed by atoms with E-state index in [1.165, 1.54) is 32.1 Å². The molecule has 0 spiro atoms.